The van der Waals surface area contributed by atoms with Crippen LogP contribution in [0.3, 0.4) is 0 Å². The molecule has 2 fully saturated rings. The Morgan fingerprint density at radius 1 is 1.14 bits per heavy atom. The Kier molecular flexibility index (Phi) is 7.30. The molecule has 5 nitrogen and oxygen atoms in total. The molecule has 2 aliphatic heterocycles. The summed E-state index contributed by atoms with van der Waals surface area (Å²) in [5.74, 6) is 1.96. The van der Waals surface area contributed by atoms with E-state index >= 15 is 0 Å². The van der Waals surface area contributed by atoms with Crippen LogP contribution in [0.25, 0.3) is 0 Å². The molecule has 0 aliphatic carbocycles. The summed E-state index contributed by atoms with van der Waals surface area (Å²) in [6, 6.07) is 0. The SMILES string of the molecule is CN=C(NCCCCN1CCOCC1)N1CCC(C)CC1. The Labute approximate surface area is 129 Å². The largest absolute Gasteiger partial charge is 0.379 e. The van der Waals surface area contributed by atoms with Crippen molar-refractivity contribution in [2.75, 3.05) is 59.5 Å². The molecule has 0 atom stereocenters. The second-order valence-corrected chi connectivity index (χ2v) is 6.30. The molecule has 2 aliphatic rings. The molecule has 0 aromatic heterocycles. The third-order valence-electron chi connectivity index (χ3n) is 4.58. The predicted octanol–water partition coefficient (Wildman–Crippen LogP) is 1.41. The van der Waals surface area contributed by atoms with E-state index in [1.165, 1.54) is 32.2 Å². The smallest absolute Gasteiger partial charge is 0.193 e. The zero-order chi connectivity index (χ0) is 14.9. The fraction of sp³-hybridized carbons (Fsp3) is 0.938. The molecule has 0 aromatic carbocycles. The molecule has 0 spiro atoms. The molecule has 0 saturated carbocycles. The molecule has 5 heteroatoms. The molecular weight excluding hydrogens is 264 g/mol. The monoisotopic (exact) mass is 296 g/mol. The second-order valence-electron chi connectivity index (χ2n) is 6.30. The van der Waals surface area contributed by atoms with E-state index in [4.69, 9.17) is 4.74 Å². The van der Waals surface area contributed by atoms with Crippen molar-refractivity contribution in [1.29, 1.82) is 0 Å². The standard InChI is InChI=1S/C16H32N4O/c1-15-5-9-20(10-6-15)16(17-2)18-7-3-4-8-19-11-13-21-14-12-19/h15H,3-14H2,1-2H3,(H,17,18). The number of aliphatic imine (C=N–C) groups is 1. The summed E-state index contributed by atoms with van der Waals surface area (Å²) in [6.07, 6.45) is 5.04. The van der Waals surface area contributed by atoms with E-state index < -0.39 is 0 Å². The average molecular weight is 296 g/mol. The first-order valence-electron chi connectivity index (χ1n) is 8.55. The van der Waals surface area contributed by atoms with E-state index in [1.54, 1.807) is 0 Å². The van der Waals surface area contributed by atoms with Gasteiger partial charge in [-0.3, -0.25) is 9.89 Å². The van der Waals surface area contributed by atoms with Crippen molar-refractivity contribution >= 4 is 5.96 Å². The molecule has 2 saturated heterocycles. The molecule has 0 aromatic rings. The van der Waals surface area contributed by atoms with Crippen molar-refractivity contribution in [2.45, 2.75) is 32.6 Å². The van der Waals surface area contributed by atoms with Gasteiger partial charge in [-0.25, -0.2) is 0 Å². The van der Waals surface area contributed by atoms with Gasteiger partial charge in [-0.05, 0) is 38.1 Å². The number of unbranched alkanes of at least 4 members (excludes halogenated alkanes) is 1. The average Bonchev–Trinajstić information content (AvgIpc) is 2.53. The van der Waals surface area contributed by atoms with Crippen molar-refractivity contribution in [3.8, 4) is 0 Å². The maximum Gasteiger partial charge on any atom is 0.193 e. The number of nitrogens with one attached hydrogen (secondary N) is 1. The van der Waals surface area contributed by atoms with Gasteiger partial charge >= 0.3 is 0 Å². The summed E-state index contributed by atoms with van der Waals surface area (Å²) in [7, 11) is 1.90. The number of guanidine groups is 1. The van der Waals surface area contributed by atoms with E-state index in [9.17, 15) is 0 Å². The van der Waals surface area contributed by atoms with Crippen LogP contribution in [0.15, 0.2) is 4.99 Å². The Bertz CT molecular complexity index is 307. The van der Waals surface area contributed by atoms with Gasteiger partial charge in [0.15, 0.2) is 5.96 Å². The van der Waals surface area contributed by atoms with Crippen LogP contribution in [0.4, 0.5) is 0 Å². The summed E-state index contributed by atoms with van der Waals surface area (Å²) in [6.45, 7) is 10.9. The maximum atomic E-state index is 5.37. The molecule has 0 bridgehead atoms. The van der Waals surface area contributed by atoms with Crippen molar-refractivity contribution in [2.24, 2.45) is 10.9 Å². The lowest BCUT2D eigenvalue weighted by atomic mass is 10.00. The number of likely N-dealkylation sites (tertiary alicyclic amines) is 1. The van der Waals surface area contributed by atoms with Gasteiger partial charge in [-0.1, -0.05) is 6.92 Å². The molecule has 21 heavy (non-hydrogen) atoms. The van der Waals surface area contributed by atoms with E-state index in [1.807, 2.05) is 7.05 Å². The number of hydrogen-bond acceptors (Lipinski definition) is 3. The minimum absolute atomic E-state index is 0.868. The Morgan fingerprint density at radius 3 is 2.52 bits per heavy atom. The van der Waals surface area contributed by atoms with Crippen molar-refractivity contribution in [3.05, 3.63) is 0 Å². The van der Waals surface area contributed by atoms with Crippen LogP contribution < -0.4 is 5.32 Å². The van der Waals surface area contributed by atoms with Gasteiger partial charge in [0.2, 0.25) is 0 Å². The minimum Gasteiger partial charge on any atom is -0.379 e. The summed E-state index contributed by atoms with van der Waals surface area (Å²) in [5, 5.41) is 3.52. The van der Waals surface area contributed by atoms with Crippen LogP contribution >= 0.6 is 0 Å². The fourth-order valence-electron chi connectivity index (χ4n) is 3.04. The van der Waals surface area contributed by atoms with Gasteiger partial charge in [0.05, 0.1) is 13.2 Å². The molecule has 2 rings (SSSR count). The molecule has 0 amide bonds. The van der Waals surface area contributed by atoms with Crippen LogP contribution in [0.2, 0.25) is 0 Å². The van der Waals surface area contributed by atoms with E-state index in [0.29, 0.717) is 0 Å². The van der Waals surface area contributed by atoms with Crippen LogP contribution in [0.1, 0.15) is 32.6 Å². The third kappa shape index (κ3) is 5.83. The molecule has 122 valence electrons. The first-order valence-corrected chi connectivity index (χ1v) is 8.55. The maximum absolute atomic E-state index is 5.37. The number of ether oxygens (including phenoxy) is 1. The number of rotatable bonds is 5. The molecule has 1 N–H and O–H groups in total. The first-order chi connectivity index (χ1) is 10.3. The summed E-state index contributed by atoms with van der Waals surface area (Å²) in [4.78, 5) is 9.34. The van der Waals surface area contributed by atoms with Crippen molar-refractivity contribution in [3.63, 3.8) is 0 Å². The van der Waals surface area contributed by atoms with Crippen LogP contribution in [-0.4, -0.2) is 75.3 Å². The van der Waals surface area contributed by atoms with E-state index in [0.717, 1.165) is 57.8 Å². The lowest BCUT2D eigenvalue weighted by Crippen LogP contribution is -2.45. The first kappa shape index (κ1) is 16.6. The highest BCUT2D eigenvalue weighted by Gasteiger charge is 2.18. The van der Waals surface area contributed by atoms with E-state index in [2.05, 4.69) is 27.0 Å². The quantitative estimate of drug-likeness (QED) is 0.473. The minimum atomic E-state index is 0.868. The Hall–Kier alpha value is -0.810. The third-order valence-corrected chi connectivity index (χ3v) is 4.58. The van der Waals surface area contributed by atoms with Gasteiger partial charge in [-0.2, -0.15) is 0 Å². The van der Waals surface area contributed by atoms with Crippen LogP contribution in [-0.2, 0) is 4.74 Å². The van der Waals surface area contributed by atoms with Gasteiger partial charge in [0.1, 0.15) is 0 Å². The fourth-order valence-corrected chi connectivity index (χ4v) is 3.04. The molecule has 2 heterocycles. The normalized spacial score (nSPS) is 22.6. The summed E-state index contributed by atoms with van der Waals surface area (Å²) >= 11 is 0. The number of piperidine rings is 1. The topological polar surface area (TPSA) is 40.1 Å². The van der Waals surface area contributed by atoms with Gasteiger partial charge in [0.25, 0.3) is 0 Å². The highest BCUT2D eigenvalue weighted by atomic mass is 16.5. The lowest BCUT2D eigenvalue weighted by Gasteiger charge is -2.33. The summed E-state index contributed by atoms with van der Waals surface area (Å²) in [5.41, 5.74) is 0. The Balaban J connectivity index is 1.56. The van der Waals surface area contributed by atoms with Crippen molar-refractivity contribution < 1.29 is 4.74 Å². The number of nitrogens with zero attached hydrogens (tertiary/aromatic N) is 3. The highest BCUT2D eigenvalue weighted by Crippen LogP contribution is 2.15. The second kappa shape index (κ2) is 9.26. The molecule has 0 radical (unpaired) electrons. The van der Waals surface area contributed by atoms with Gasteiger partial charge < -0.3 is 15.0 Å². The Morgan fingerprint density at radius 2 is 1.86 bits per heavy atom. The molecular formula is C16H32N4O. The molecule has 0 unspecified atom stereocenters. The van der Waals surface area contributed by atoms with Crippen LogP contribution in [0, 0.1) is 5.92 Å². The number of hydrogen-bond donors (Lipinski definition) is 1. The summed E-state index contributed by atoms with van der Waals surface area (Å²) < 4.78 is 5.37. The van der Waals surface area contributed by atoms with Gasteiger partial charge in [-0.15, -0.1) is 0 Å². The van der Waals surface area contributed by atoms with Crippen molar-refractivity contribution in [1.82, 2.24) is 15.1 Å². The van der Waals surface area contributed by atoms with Crippen LogP contribution in [0.5, 0.6) is 0 Å². The lowest BCUT2D eigenvalue weighted by molar-refractivity contribution is 0.0372. The highest BCUT2D eigenvalue weighted by molar-refractivity contribution is 5.79. The predicted molar refractivity (Wildman–Crippen MR) is 87.8 cm³/mol. The van der Waals surface area contributed by atoms with Gasteiger partial charge in [0, 0.05) is 39.8 Å². The zero-order valence-corrected chi connectivity index (χ0v) is 13.8. The zero-order valence-electron chi connectivity index (χ0n) is 13.8. The van der Waals surface area contributed by atoms with E-state index in [-0.39, 0.29) is 0 Å². The number of morpholine rings is 1.